The second-order valence-corrected chi connectivity index (χ2v) is 2.87. The fourth-order valence-corrected chi connectivity index (χ4v) is 1.15. The molecule has 0 bridgehead atoms. The zero-order valence-corrected chi connectivity index (χ0v) is 8.50. The van der Waals surface area contributed by atoms with E-state index >= 15 is 0 Å². The highest BCUT2D eigenvalue weighted by atomic mass is 35.5. The van der Waals surface area contributed by atoms with Crippen LogP contribution < -0.4 is 5.73 Å². The van der Waals surface area contributed by atoms with Gasteiger partial charge in [0.25, 0.3) is 0 Å². The van der Waals surface area contributed by atoms with E-state index in [1.54, 1.807) is 12.1 Å². The second-order valence-electron chi connectivity index (χ2n) is 2.87. The minimum absolute atomic E-state index is 0. The average Bonchev–Trinajstić information content (AvgIpc) is 2.04. The minimum atomic E-state index is -0.266. The van der Waals surface area contributed by atoms with E-state index in [0.717, 1.165) is 0 Å². The number of benzene rings is 1. The number of phenols is 2. The van der Waals surface area contributed by atoms with Crippen LogP contribution in [-0.4, -0.2) is 10.2 Å². The van der Waals surface area contributed by atoms with E-state index < -0.39 is 0 Å². The molecule has 0 heterocycles. The first kappa shape index (κ1) is 12.8. The third-order valence-electron chi connectivity index (χ3n) is 1.83. The fourth-order valence-electron chi connectivity index (χ4n) is 1.15. The lowest BCUT2D eigenvalue weighted by atomic mass is 10.0. The van der Waals surface area contributed by atoms with Crippen LogP contribution in [-0.2, 0) is 0 Å². The molecule has 0 radical (unpaired) electrons. The van der Waals surface area contributed by atoms with Crippen molar-refractivity contribution in [1.82, 2.24) is 0 Å². The summed E-state index contributed by atoms with van der Waals surface area (Å²) >= 11 is 0. The Bertz CT molecular complexity index is 315. The molecule has 78 valence electrons. The summed E-state index contributed by atoms with van der Waals surface area (Å²) in [7, 11) is 0. The molecule has 0 aliphatic heterocycles. The lowest BCUT2D eigenvalue weighted by Crippen LogP contribution is -2.08. The summed E-state index contributed by atoms with van der Waals surface area (Å²) in [6, 6.07) is 4.12. The topological polar surface area (TPSA) is 66.5 Å². The van der Waals surface area contributed by atoms with Crippen molar-refractivity contribution >= 4 is 12.4 Å². The van der Waals surface area contributed by atoms with Crippen LogP contribution in [0, 0.1) is 0 Å². The standard InChI is InChI=1S/C10H13NO2.ClH/c1-2-3-9(11)8-5-4-7(12)6-10(8)13;/h2,4-6,9,12-13H,1,3,11H2;1H/t9-;/m0./s1. The molecule has 0 fully saturated rings. The zero-order chi connectivity index (χ0) is 9.84. The van der Waals surface area contributed by atoms with Crippen LogP contribution in [0.2, 0.25) is 0 Å². The van der Waals surface area contributed by atoms with E-state index in [-0.39, 0.29) is 29.9 Å². The molecule has 1 rings (SSSR count). The summed E-state index contributed by atoms with van der Waals surface area (Å²) in [5.41, 5.74) is 6.37. The van der Waals surface area contributed by atoms with Gasteiger partial charge in [-0.05, 0) is 12.5 Å². The predicted octanol–water partition coefficient (Wildman–Crippen LogP) is 2.10. The maximum atomic E-state index is 9.41. The van der Waals surface area contributed by atoms with Crippen molar-refractivity contribution in [3.05, 3.63) is 36.4 Å². The molecule has 1 aromatic carbocycles. The van der Waals surface area contributed by atoms with Gasteiger partial charge in [-0.25, -0.2) is 0 Å². The van der Waals surface area contributed by atoms with Gasteiger partial charge in [-0.2, -0.15) is 0 Å². The summed E-state index contributed by atoms with van der Waals surface area (Å²) in [5.74, 6) is 0.0569. The van der Waals surface area contributed by atoms with Gasteiger partial charge in [-0.3, -0.25) is 0 Å². The lowest BCUT2D eigenvalue weighted by molar-refractivity contribution is 0.442. The molecule has 0 unspecified atom stereocenters. The Kier molecular flexibility index (Phi) is 5.05. The molecule has 1 atom stereocenters. The van der Waals surface area contributed by atoms with E-state index in [4.69, 9.17) is 10.8 Å². The van der Waals surface area contributed by atoms with E-state index in [1.165, 1.54) is 12.1 Å². The Labute approximate surface area is 89.3 Å². The highest BCUT2D eigenvalue weighted by Gasteiger charge is 2.09. The molecular weight excluding hydrogens is 202 g/mol. The minimum Gasteiger partial charge on any atom is -0.508 e. The number of hydrogen-bond acceptors (Lipinski definition) is 3. The number of phenolic OH excluding ortho intramolecular Hbond substituents is 2. The number of halogens is 1. The molecular formula is C10H14ClNO2. The third kappa shape index (κ3) is 2.94. The maximum Gasteiger partial charge on any atom is 0.124 e. The Morgan fingerprint density at radius 1 is 1.43 bits per heavy atom. The Morgan fingerprint density at radius 3 is 2.57 bits per heavy atom. The number of hydrogen-bond donors (Lipinski definition) is 3. The summed E-state index contributed by atoms with van der Waals surface area (Å²) in [6.07, 6.45) is 2.29. The van der Waals surface area contributed by atoms with Gasteiger partial charge in [0.1, 0.15) is 11.5 Å². The van der Waals surface area contributed by atoms with Gasteiger partial charge < -0.3 is 15.9 Å². The molecule has 0 aromatic heterocycles. The van der Waals surface area contributed by atoms with Crippen molar-refractivity contribution in [2.24, 2.45) is 5.73 Å². The van der Waals surface area contributed by atoms with Crippen LogP contribution in [0.25, 0.3) is 0 Å². The van der Waals surface area contributed by atoms with E-state index in [9.17, 15) is 5.11 Å². The first-order chi connectivity index (χ1) is 6.15. The predicted molar refractivity (Wildman–Crippen MR) is 58.8 cm³/mol. The molecule has 14 heavy (non-hydrogen) atoms. The molecule has 4 heteroatoms. The molecule has 1 aromatic rings. The van der Waals surface area contributed by atoms with Crippen LogP contribution >= 0.6 is 12.4 Å². The molecule has 0 amide bonds. The highest BCUT2D eigenvalue weighted by Crippen LogP contribution is 2.28. The van der Waals surface area contributed by atoms with Gasteiger partial charge in [-0.15, -0.1) is 19.0 Å². The van der Waals surface area contributed by atoms with Gasteiger partial charge >= 0.3 is 0 Å². The van der Waals surface area contributed by atoms with Crippen LogP contribution in [0.1, 0.15) is 18.0 Å². The van der Waals surface area contributed by atoms with Gasteiger partial charge in [0.15, 0.2) is 0 Å². The molecule has 0 saturated heterocycles. The SMILES string of the molecule is C=CC[C@H](N)c1ccc(O)cc1O.Cl. The van der Waals surface area contributed by atoms with Crippen LogP contribution in [0.3, 0.4) is 0 Å². The molecule has 0 saturated carbocycles. The van der Waals surface area contributed by atoms with Gasteiger partial charge in [-0.1, -0.05) is 12.1 Å². The Hall–Kier alpha value is -1.19. The first-order valence-corrected chi connectivity index (χ1v) is 4.03. The first-order valence-electron chi connectivity index (χ1n) is 4.03. The molecule has 0 aliphatic rings. The summed E-state index contributed by atoms with van der Waals surface area (Å²) < 4.78 is 0. The summed E-state index contributed by atoms with van der Waals surface area (Å²) in [6.45, 7) is 3.56. The average molecular weight is 216 g/mol. The second kappa shape index (κ2) is 5.52. The summed E-state index contributed by atoms with van der Waals surface area (Å²) in [4.78, 5) is 0. The quantitative estimate of drug-likeness (QED) is 0.677. The van der Waals surface area contributed by atoms with Crippen molar-refractivity contribution in [3.63, 3.8) is 0 Å². The van der Waals surface area contributed by atoms with E-state index in [1.807, 2.05) is 0 Å². The zero-order valence-electron chi connectivity index (χ0n) is 7.68. The van der Waals surface area contributed by atoms with Crippen LogP contribution in [0.5, 0.6) is 11.5 Å². The normalized spacial score (nSPS) is 11.5. The van der Waals surface area contributed by atoms with Crippen molar-refractivity contribution < 1.29 is 10.2 Å². The highest BCUT2D eigenvalue weighted by molar-refractivity contribution is 5.85. The number of aromatic hydroxyl groups is 2. The monoisotopic (exact) mass is 215 g/mol. The van der Waals surface area contributed by atoms with Crippen molar-refractivity contribution in [2.45, 2.75) is 12.5 Å². The fraction of sp³-hybridized carbons (Fsp3) is 0.200. The lowest BCUT2D eigenvalue weighted by Gasteiger charge is -2.11. The van der Waals surface area contributed by atoms with E-state index in [0.29, 0.717) is 12.0 Å². The Balaban J connectivity index is 0.00000169. The Morgan fingerprint density at radius 2 is 2.07 bits per heavy atom. The molecule has 3 nitrogen and oxygen atoms in total. The van der Waals surface area contributed by atoms with Crippen molar-refractivity contribution in [1.29, 1.82) is 0 Å². The largest absolute Gasteiger partial charge is 0.508 e. The van der Waals surface area contributed by atoms with Gasteiger partial charge in [0.2, 0.25) is 0 Å². The summed E-state index contributed by atoms with van der Waals surface area (Å²) in [5, 5.41) is 18.4. The van der Waals surface area contributed by atoms with Gasteiger partial charge in [0, 0.05) is 17.7 Å². The number of rotatable bonds is 3. The van der Waals surface area contributed by atoms with Crippen LogP contribution in [0.4, 0.5) is 0 Å². The van der Waals surface area contributed by atoms with Crippen LogP contribution in [0.15, 0.2) is 30.9 Å². The third-order valence-corrected chi connectivity index (χ3v) is 1.83. The molecule has 0 spiro atoms. The smallest absolute Gasteiger partial charge is 0.124 e. The van der Waals surface area contributed by atoms with E-state index in [2.05, 4.69) is 6.58 Å². The number of nitrogens with two attached hydrogens (primary N) is 1. The van der Waals surface area contributed by atoms with Crippen molar-refractivity contribution in [2.75, 3.05) is 0 Å². The molecule has 4 N–H and O–H groups in total. The maximum absolute atomic E-state index is 9.41. The van der Waals surface area contributed by atoms with Crippen molar-refractivity contribution in [3.8, 4) is 11.5 Å². The van der Waals surface area contributed by atoms with Gasteiger partial charge in [0.05, 0.1) is 0 Å². The molecule has 0 aliphatic carbocycles.